The number of likely N-dealkylation sites (tertiary alicyclic amines) is 1. The molecule has 1 aromatic rings. The van der Waals surface area contributed by atoms with Crippen LogP contribution >= 0.6 is 0 Å². The molecule has 2 rings (SSSR count). The lowest BCUT2D eigenvalue weighted by Gasteiger charge is -2.32. The predicted octanol–water partition coefficient (Wildman–Crippen LogP) is 3.66. The van der Waals surface area contributed by atoms with Crippen molar-refractivity contribution in [3.63, 3.8) is 0 Å². The Labute approximate surface area is 151 Å². The van der Waals surface area contributed by atoms with Crippen molar-refractivity contribution >= 4 is 17.6 Å². The van der Waals surface area contributed by atoms with Gasteiger partial charge in [0.1, 0.15) is 0 Å². The third kappa shape index (κ3) is 6.07. The van der Waals surface area contributed by atoms with E-state index in [1.807, 2.05) is 29.2 Å². The second-order valence-corrected chi connectivity index (χ2v) is 7.30. The topological polar surface area (TPSA) is 61.4 Å². The number of hydrogen-bond acceptors (Lipinski definition) is 2. The van der Waals surface area contributed by atoms with Gasteiger partial charge in [0.15, 0.2) is 0 Å². The Hall–Kier alpha value is -2.04. The number of hydrogen-bond donors (Lipinski definition) is 2. The third-order valence-electron chi connectivity index (χ3n) is 4.61. The molecule has 2 N–H and O–H groups in total. The molecule has 1 aliphatic heterocycles. The van der Waals surface area contributed by atoms with Gasteiger partial charge >= 0.3 is 6.03 Å². The second kappa shape index (κ2) is 9.44. The molecule has 0 bridgehead atoms. The number of amides is 3. The summed E-state index contributed by atoms with van der Waals surface area (Å²) < 4.78 is 0. The lowest BCUT2D eigenvalue weighted by atomic mass is 9.94. The van der Waals surface area contributed by atoms with Crippen LogP contribution in [0, 0.1) is 11.8 Å². The van der Waals surface area contributed by atoms with E-state index in [0.717, 1.165) is 37.1 Å². The minimum atomic E-state index is -0.00450. The number of benzene rings is 1. The molecule has 1 saturated heterocycles. The maximum absolute atomic E-state index is 12.4. The highest BCUT2D eigenvalue weighted by molar-refractivity contribution is 5.91. The first-order chi connectivity index (χ1) is 12.0. The summed E-state index contributed by atoms with van der Waals surface area (Å²) in [6, 6.07) is 7.91. The number of anilines is 1. The van der Waals surface area contributed by atoms with Gasteiger partial charge in [0.05, 0.1) is 0 Å². The van der Waals surface area contributed by atoms with Crippen LogP contribution in [0.2, 0.25) is 0 Å². The molecule has 0 saturated carbocycles. The normalized spacial score (nSPS) is 17.4. The number of aryl methyl sites for hydroxylation is 1. The molecule has 1 aliphatic rings. The van der Waals surface area contributed by atoms with Crippen molar-refractivity contribution in [1.29, 1.82) is 0 Å². The first-order valence-corrected chi connectivity index (χ1v) is 9.40. The predicted molar refractivity (Wildman–Crippen MR) is 102 cm³/mol. The molecule has 138 valence electrons. The Morgan fingerprint density at radius 1 is 1.28 bits per heavy atom. The van der Waals surface area contributed by atoms with Gasteiger partial charge in [-0.15, -0.1) is 0 Å². The molecule has 1 aromatic carbocycles. The molecule has 0 aliphatic carbocycles. The van der Waals surface area contributed by atoms with Crippen molar-refractivity contribution in [1.82, 2.24) is 10.2 Å². The number of para-hydroxylation sites is 1. The van der Waals surface area contributed by atoms with E-state index in [4.69, 9.17) is 0 Å². The third-order valence-corrected chi connectivity index (χ3v) is 4.61. The smallest absolute Gasteiger partial charge is 0.317 e. The maximum atomic E-state index is 12.4. The molecule has 5 heteroatoms. The van der Waals surface area contributed by atoms with Crippen LogP contribution in [0.4, 0.5) is 10.5 Å². The van der Waals surface area contributed by atoms with Crippen molar-refractivity contribution in [2.75, 3.05) is 25.0 Å². The number of nitrogens with zero attached hydrogens (tertiary/aromatic N) is 1. The van der Waals surface area contributed by atoms with E-state index in [2.05, 4.69) is 31.4 Å². The standard InChI is InChI=1S/C20H31N3O2/c1-4-17-9-5-6-10-18(17)22-19(24)12-16-8-7-11-23(14-16)20(25)21-13-15(2)3/h5-6,9-10,15-16H,4,7-8,11-14H2,1-3H3,(H,21,25)(H,22,24)/t16-/m1/s1. The monoisotopic (exact) mass is 345 g/mol. The highest BCUT2D eigenvalue weighted by Crippen LogP contribution is 2.22. The first-order valence-electron chi connectivity index (χ1n) is 9.40. The summed E-state index contributed by atoms with van der Waals surface area (Å²) in [5.74, 6) is 0.705. The summed E-state index contributed by atoms with van der Waals surface area (Å²) in [5.41, 5.74) is 2.05. The number of carbonyl (C=O) groups excluding carboxylic acids is 2. The van der Waals surface area contributed by atoms with E-state index < -0.39 is 0 Å². The van der Waals surface area contributed by atoms with Gasteiger partial charge in [-0.2, -0.15) is 0 Å². The zero-order valence-corrected chi connectivity index (χ0v) is 15.7. The van der Waals surface area contributed by atoms with Gasteiger partial charge < -0.3 is 15.5 Å². The molecule has 0 radical (unpaired) electrons. The summed E-state index contributed by atoms with van der Waals surface area (Å²) >= 11 is 0. The number of carbonyl (C=O) groups is 2. The quantitative estimate of drug-likeness (QED) is 0.826. The molecule has 0 aromatic heterocycles. The number of urea groups is 1. The van der Waals surface area contributed by atoms with Crippen molar-refractivity contribution < 1.29 is 9.59 Å². The van der Waals surface area contributed by atoms with Gasteiger partial charge in [-0.3, -0.25) is 4.79 Å². The first kappa shape index (κ1) is 19.3. The zero-order chi connectivity index (χ0) is 18.2. The fourth-order valence-corrected chi connectivity index (χ4v) is 3.23. The van der Waals surface area contributed by atoms with E-state index in [1.165, 1.54) is 0 Å². The average molecular weight is 345 g/mol. The van der Waals surface area contributed by atoms with Crippen LogP contribution in [0.5, 0.6) is 0 Å². The lowest BCUT2D eigenvalue weighted by Crippen LogP contribution is -2.46. The fourth-order valence-electron chi connectivity index (χ4n) is 3.23. The van der Waals surface area contributed by atoms with Gasteiger partial charge in [-0.05, 0) is 42.7 Å². The molecule has 1 fully saturated rings. The molecule has 25 heavy (non-hydrogen) atoms. The number of nitrogens with one attached hydrogen (secondary N) is 2. The van der Waals surface area contributed by atoms with Gasteiger partial charge in [-0.1, -0.05) is 39.0 Å². The van der Waals surface area contributed by atoms with E-state index in [9.17, 15) is 9.59 Å². The Bertz CT molecular complexity index is 586. The van der Waals surface area contributed by atoms with Gasteiger partial charge in [0.2, 0.25) is 5.91 Å². The van der Waals surface area contributed by atoms with Crippen LogP contribution in [-0.4, -0.2) is 36.5 Å². The molecular formula is C20H31N3O2. The Morgan fingerprint density at radius 3 is 2.76 bits per heavy atom. The van der Waals surface area contributed by atoms with Crippen molar-refractivity contribution in [2.24, 2.45) is 11.8 Å². The fraction of sp³-hybridized carbons (Fsp3) is 0.600. The van der Waals surface area contributed by atoms with Crippen LogP contribution in [0.3, 0.4) is 0 Å². The maximum Gasteiger partial charge on any atom is 0.317 e. The molecule has 5 nitrogen and oxygen atoms in total. The van der Waals surface area contributed by atoms with Crippen LogP contribution in [0.1, 0.15) is 45.6 Å². The Kier molecular flexibility index (Phi) is 7.29. The van der Waals surface area contributed by atoms with Crippen molar-refractivity contribution in [3.05, 3.63) is 29.8 Å². The summed E-state index contributed by atoms with van der Waals surface area (Å²) in [6.07, 6.45) is 3.31. The highest BCUT2D eigenvalue weighted by atomic mass is 16.2. The molecule has 0 unspecified atom stereocenters. The average Bonchev–Trinajstić information content (AvgIpc) is 2.60. The van der Waals surface area contributed by atoms with E-state index >= 15 is 0 Å². The minimum absolute atomic E-state index is 0.00450. The van der Waals surface area contributed by atoms with Gasteiger partial charge in [-0.25, -0.2) is 4.79 Å². The van der Waals surface area contributed by atoms with Crippen LogP contribution in [-0.2, 0) is 11.2 Å². The second-order valence-electron chi connectivity index (χ2n) is 7.30. The summed E-state index contributed by atoms with van der Waals surface area (Å²) in [7, 11) is 0. The summed E-state index contributed by atoms with van der Waals surface area (Å²) in [6.45, 7) is 8.37. The largest absolute Gasteiger partial charge is 0.338 e. The summed E-state index contributed by atoms with van der Waals surface area (Å²) in [4.78, 5) is 26.5. The lowest BCUT2D eigenvalue weighted by molar-refractivity contribution is -0.117. The molecular weight excluding hydrogens is 314 g/mol. The van der Waals surface area contributed by atoms with Gasteiger partial charge in [0.25, 0.3) is 0 Å². The molecule has 0 spiro atoms. The molecule has 3 amide bonds. The van der Waals surface area contributed by atoms with Crippen molar-refractivity contribution in [3.8, 4) is 0 Å². The minimum Gasteiger partial charge on any atom is -0.338 e. The molecule has 1 atom stereocenters. The zero-order valence-electron chi connectivity index (χ0n) is 15.7. The Balaban J connectivity index is 1.85. The number of piperidine rings is 1. The summed E-state index contributed by atoms with van der Waals surface area (Å²) in [5, 5.41) is 6.00. The van der Waals surface area contributed by atoms with E-state index in [1.54, 1.807) is 0 Å². The van der Waals surface area contributed by atoms with Crippen molar-refractivity contribution in [2.45, 2.75) is 46.5 Å². The highest BCUT2D eigenvalue weighted by Gasteiger charge is 2.25. The van der Waals surface area contributed by atoms with Crippen LogP contribution in [0.15, 0.2) is 24.3 Å². The Morgan fingerprint density at radius 2 is 2.04 bits per heavy atom. The van der Waals surface area contributed by atoms with Crippen LogP contribution < -0.4 is 10.6 Å². The van der Waals surface area contributed by atoms with E-state index in [0.29, 0.717) is 25.4 Å². The molecule has 1 heterocycles. The van der Waals surface area contributed by atoms with Crippen LogP contribution in [0.25, 0.3) is 0 Å². The SMILES string of the molecule is CCc1ccccc1NC(=O)C[C@H]1CCCN(C(=O)NCC(C)C)C1. The van der Waals surface area contributed by atoms with Gasteiger partial charge in [0, 0.05) is 31.7 Å². The van der Waals surface area contributed by atoms with E-state index in [-0.39, 0.29) is 17.9 Å². The number of rotatable bonds is 6.